The highest BCUT2D eigenvalue weighted by Crippen LogP contribution is 2.26. The van der Waals surface area contributed by atoms with Gasteiger partial charge in [-0.05, 0) is 5.56 Å². The maximum atomic E-state index is 11.2. The average molecular weight is 216 g/mol. The molecule has 0 aliphatic rings. The van der Waals surface area contributed by atoms with Gasteiger partial charge in [0, 0.05) is 12.0 Å². The summed E-state index contributed by atoms with van der Waals surface area (Å²) in [5.41, 5.74) is 0.963. The van der Waals surface area contributed by atoms with Crippen LogP contribution in [-0.4, -0.2) is 5.97 Å². The zero-order valence-corrected chi connectivity index (χ0v) is 9.43. The smallest absolute Gasteiger partial charge is 0.330 e. The van der Waals surface area contributed by atoms with Crippen LogP contribution in [0.3, 0.4) is 0 Å². The molecule has 0 bridgehead atoms. The molecule has 0 aliphatic heterocycles. The number of esters is 1. The minimum Gasteiger partial charge on any atom is -0.454 e. The van der Waals surface area contributed by atoms with Crippen molar-refractivity contribution in [3.63, 3.8) is 0 Å². The van der Waals surface area contributed by atoms with Crippen LogP contribution in [0.4, 0.5) is 0 Å². The van der Waals surface area contributed by atoms with E-state index in [2.05, 4.69) is 13.2 Å². The Labute approximate surface area is 96.2 Å². The van der Waals surface area contributed by atoms with Crippen LogP contribution in [0, 0.1) is 5.92 Å². The molecule has 0 aliphatic carbocycles. The molecule has 0 aromatic heterocycles. The predicted molar refractivity (Wildman–Crippen MR) is 64.8 cm³/mol. The van der Waals surface area contributed by atoms with Crippen molar-refractivity contribution in [1.29, 1.82) is 0 Å². The highest BCUT2D eigenvalue weighted by Gasteiger charge is 2.19. The third-order valence-electron chi connectivity index (χ3n) is 2.39. The van der Waals surface area contributed by atoms with E-state index in [0.29, 0.717) is 0 Å². The van der Waals surface area contributed by atoms with Crippen LogP contribution in [0.5, 0.6) is 0 Å². The zero-order valence-electron chi connectivity index (χ0n) is 9.43. The topological polar surface area (TPSA) is 26.3 Å². The van der Waals surface area contributed by atoms with Crippen LogP contribution in [0.1, 0.15) is 18.6 Å². The monoisotopic (exact) mass is 216 g/mol. The highest BCUT2D eigenvalue weighted by molar-refractivity contribution is 5.81. The standard InChI is InChI=1S/C14H16O2/c1-4-11(3)14(16-13(15)5-2)12-9-7-6-8-10-12/h4-11,14H,1-2H2,3H3/t11-,14+/m0/s1. The van der Waals surface area contributed by atoms with Gasteiger partial charge in [-0.25, -0.2) is 4.79 Å². The summed E-state index contributed by atoms with van der Waals surface area (Å²) in [6.07, 6.45) is 2.64. The summed E-state index contributed by atoms with van der Waals surface area (Å²) in [6, 6.07) is 9.62. The summed E-state index contributed by atoms with van der Waals surface area (Å²) in [5.74, 6) is -0.353. The van der Waals surface area contributed by atoms with Crippen molar-refractivity contribution < 1.29 is 9.53 Å². The van der Waals surface area contributed by atoms with Crippen LogP contribution in [-0.2, 0) is 9.53 Å². The molecule has 0 fully saturated rings. The van der Waals surface area contributed by atoms with Crippen molar-refractivity contribution >= 4 is 5.97 Å². The molecule has 0 saturated heterocycles. The second-order valence-corrected chi connectivity index (χ2v) is 3.57. The van der Waals surface area contributed by atoms with Gasteiger partial charge >= 0.3 is 5.97 Å². The molecule has 0 heterocycles. The maximum absolute atomic E-state index is 11.2. The van der Waals surface area contributed by atoms with Crippen molar-refractivity contribution in [2.24, 2.45) is 5.92 Å². The van der Waals surface area contributed by atoms with Gasteiger partial charge in [-0.3, -0.25) is 0 Å². The second kappa shape index (κ2) is 5.91. The van der Waals surface area contributed by atoms with E-state index >= 15 is 0 Å². The molecule has 0 amide bonds. The second-order valence-electron chi connectivity index (χ2n) is 3.57. The lowest BCUT2D eigenvalue weighted by Gasteiger charge is -2.21. The number of ether oxygens (including phenoxy) is 1. The van der Waals surface area contributed by atoms with E-state index in [4.69, 9.17) is 4.74 Å². The largest absolute Gasteiger partial charge is 0.454 e. The van der Waals surface area contributed by atoms with Gasteiger partial charge in [0.1, 0.15) is 6.10 Å². The lowest BCUT2D eigenvalue weighted by atomic mass is 9.97. The van der Waals surface area contributed by atoms with E-state index in [9.17, 15) is 4.79 Å². The van der Waals surface area contributed by atoms with Crippen molar-refractivity contribution in [1.82, 2.24) is 0 Å². The molecule has 1 aromatic carbocycles. The fourth-order valence-corrected chi connectivity index (χ4v) is 1.42. The van der Waals surface area contributed by atoms with Gasteiger partial charge in [0.05, 0.1) is 0 Å². The summed E-state index contributed by atoms with van der Waals surface area (Å²) < 4.78 is 5.31. The minimum atomic E-state index is -0.414. The van der Waals surface area contributed by atoms with E-state index in [-0.39, 0.29) is 12.0 Å². The zero-order chi connectivity index (χ0) is 12.0. The fraction of sp³-hybridized carbons (Fsp3) is 0.214. The molecule has 16 heavy (non-hydrogen) atoms. The van der Waals surface area contributed by atoms with Gasteiger partial charge in [0.2, 0.25) is 0 Å². The fourth-order valence-electron chi connectivity index (χ4n) is 1.42. The molecule has 0 radical (unpaired) electrons. The Balaban J connectivity index is 2.91. The molecule has 0 spiro atoms. The van der Waals surface area contributed by atoms with Gasteiger partial charge in [-0.2, -0.15) is 0 Å². The maximum Gasteiger partial charge on any atom is 0.330 e. The van der Waals surface area contributed by atoms with Gasteiger partial charge < -0.3 is 4.74 Å². The summed E-state index contributed by atoms with van der Waals surface area (Å²) in [7, 11) is 0. The lowest BCUT2D eigenvalue weighted by Crippen LogP contribution is -2.15. The van der Waals surface area contributed by atoms with Gasteiger partial charge in [0.25, 0.3) is 0 Å². The van der Waals surface area contributed by atoms with E-state index < -0.39 is 5.97 Å². The van der Waals surface area contributed by atoms with Crippen LogP contribution in [0.15, 0.2) is 55.6 Å². The van der Waals surface area contributed by atoms with E-state index in [0.717, 1.165) is 5.56 Å². The molecule has 0 unspecified atom stereocenters. The Bertz CT molecular complexity index is 368. The Hall–Kier alpha value is -1.83. The molecule has 1 aromatic rings. The summed E-state index contributed by atoms with van der Waals surface area (Å²) in [5, 5.41) is 0. The lowest BCUT2D eigenvalue weighted by molar-refractivity contribution is -0.145. The minimum absolute atomic E-state index is 0.0614. The van der Waals surface area contributed by atoms with Crippen LogP contribution >= 0.6 is 0 Å². The first kappa shape index (κ1) is 12.2. The van der Waals surface area contributed by atoms with Crippen molar-refractivity contribution in [2.75, 3.05) is 0 Å². The number of hydrogen-bond acceptors (Lipinski definition) is 2. The van der Waals surface area contributed by atoms with Crippen molar-refractivity contribution in [3.8, 4) is 0 Å². The van der Waals surface area contributed by atoms with Crippen LogP contribution < -0.4 is 0 Å². The molecule has 84 valence electrons. The molecule has 1 rings (SSSR count). The summed E-state index contributed by atoms with van der Waals surface area (Å²) in [6.45, 7) is 9.07. The molecule has 2 atom stereocenters. The SMILES string of the molecule is C=CC(=O)O[C@@H](c1ccccc1)[C@@H](C)C=C. The third-order valence-corrected chi connectivity index (χ3v) is 2.39. The van der Waals surface area contributed by atoms with Crippen LogP contribution in [0.25, 0.3) is 0 Å². The Morgan fingerprint density at radius 2 is 1.94 bits per heavy atom. The number of benzene rings is 1. The Kier molecular flexibility index (Phi) is 4.52. The average Bonchev–Trinajstić information content (AvgIpc) is 2.35. The Morgan fingerprint density at radius 1 is 1.31 bits per heavy atom. The molecule has 2 heteroatoms. The predicted octanol–water partition coefficient (Wildman–Crippen LogP) is 3.28. The third kappa shape index (κ3) is 3.09. The first-order valence-electron chi connectivity index (χ1n) is 5.19. The van der Waals surface area contributed by atoms with Gasteiger partial charge in [-0.1, -0.05) is 49.9 Å². The van der Waals surface area contributed by atoms with Crippen molar-refractivity contribution in [3.05, 3.63) is 61.2 Å². The van der Waals surface area contributed by atoms with E-state index in [1.165, 1.54) is 6.08 Å². The Morgan fingerprint density at radius 3 is 2.44 bits per heavy atom. The molecule has 0 saturated carbocycles. The van der Waals surface area contributed by atoms with Crippen molar-refractivity contribution in [2.45, 2.75) is 13.0 Å². The highest BCUT2D eigenvalue weighted by atomic mass is 16.5. The van der Waals surface area contributed by atoms with E-state index in [1.54, 1.807) is 6.08 Å². The first-order chi connectivity index (χ1) is 7.69. The van der Waals surface area contributed by atoms with Gasteiger partial charge in [0.15, 0.2) is 0 Å². The molecular weight excluding hydrogens is 200 g/mol. The normalized spacial score (nSPS) is 13.6. The summed E-state index contributed by atoms with van der Waals surface area (Å²) >= 11 is 0. The molecule has 0 N–H and O–H groups in total. The molecule has 2 nitrogen and oxygen atoms in total. The molecular formula is C14H16O2. The number of carbonyl (C=O) groups is 1. The number of carbonyl (C=O) groups excluding carboxylic acids is 1. The van der Waals surface area contributed by atoms with Gasteiger partial charge in [-0.15, -0.1) is 6.58 Å². The quantitative estimate of drug-likeness (QED) is 0.429. The number of rotatable bonds is 5. The summed E-state index contributed by atoms with van der Waals surface area (Å²) in [4.78, 5) is 11.2. The first-order valence-corrected chi connectivity index (χ1v) is 5.19. The van der Waals surface area contributed by atoms with Crippen LogP contribution in [0.2, 0.25) is 0 Å². The number of hydrogen-bond donors (Lipinski definition) is 0. The van der Waals surface area contributed by atoms with E-state index in [1.807, 2.05) is 37.3 Å².